The smallest absolute Gasteiger partial charge is 0.295 e. The van der Waals surface area contributed by atoms with E-state index in [2.05, 4.69) is 0 Å². The Kier molecular flexibility index (Phi) is 6.80. The van der Waals surface area contributed by atoms with Gasteiger partial charge in [-0.3, -0.25) is 9.59 Å². The van der Waals surface area contributed by atoms with Gasteiger partial charge in [-0.15, -0.1) is 0 Å². The molecule has 2 aromatic rings. The largest absolute Gasteiger partial charge is 0.507 e. The molecule has 0 bridgehead atoms. The van der Waals surface area contributed by atoms with Gasteiger partial charge < -0.3 is 19.6 Å². The maximum absolute atomic E-state index is 12.9. The molecule has 7 heteroatoms. The molecule has 1 heterocycles. The minimum Gasteiger partial charge on any atom is -0.507 e. The van der Waals surface area contributed by atoms with Gasteiger partial charge in [-0.2, -0.15) is 0 Å². The molecule has 1 amide bonds. The van der Waals surface area contributed by atoms with E-state index in [1.807, 2.05) is 56.3 Å². The van der Waals surface area contributed by atoms with Crippen LogP contribution < -0.4 is 4.74 Å². The summed E-state index contributed by atoms with van der Waals surface area (Å²) in [5, 5.41) is 11.4. The molecule has 0 aromatic heterocycles. The van der Waals surface area contributed by atoms with E-state index in [1.54, 1.807) is 12.1 Å². The van der Waals surface area contributed by atoms with Crippen molar-refractivity contribution >= 4 is 29.1 Å². The van der Waals surface area contributed by atoms with Crippen molar-refractivity contribution in [3.05, 3.63) is 70.3 Å². The highest BCUT2D eigenvalue weighted by Crippen LogP contribution is 2.40. The number of aliphatic hydroxyl groups excluding tert-OH is 1. The molecule has 158 valence electrons. The van der Waals surface area contributed by atoms with Crippen LogP contribution in [0.4, 0.5) is 0 Å². The van der Waals surface area contributed by atoms with Crippen LogP contribution in [0.15, 0.2) is 54.1 Å². The van der Waals surface area contributed by atoms with Gasteiger partial charge in [-0.1, -0.05) is 41.9 Å². The minimum atomic E-state index is -0.704. The van der Waals surface area contributed by atoms with Crippen LogP contribution >= 0.6 is 11.6 Å². The molecule has 3 rings (SSSR count). The van der Waals surface area contributed by atoms with E-state index in [4.69, 9.17) is 16.3 Å². The zero-order chi connectivity index (χ0) is 21.8. The second kappa shape index (κ2) is 9.32. The summed E-state index contributed by atoms with van der Waals surface area (Å²) in [4.78, 5) is 29.2. The third-order valence-electron chi connectivity index (χ3n) is 4.95. The number of benzene rings is 2. The molecule has 0 aliphatic carbocycles. The van der Waals surface area contributed by atoms with Crippen LogP contribution in [0, 0.1) is 0 Å². The molecule has 1 aliphatic heterocycles. The fourth-order valence-corrected chi connectivity index (χ4v) is 3.71. The Morgan fingerprint density at radius 1 is 1.17 bits per heavy atom. The quantitative estimate of drug-likeness (QED) is 0.413. The number of amides is 1. The van der Waals surface area contributed by atoms with Crippen molar-refractivity contribution < 1.29 is 19.4 Å². The van der Waals surface area contributed by atoms with Crippen molar-refractivity contribution in [3.63, 3.8) is 0 Å². The van der Waals surface area contributed by atoms with Crippen molar-refractivity contribution in [1.82, 2.24) is 9.80 Å². The SMILES string of the molecule is CCOc1ccc(/C(O)=C2/C(=O)C(=O)N(CCN(C)C)[C@H]2c2ccccc2)cc1Cl. The fraction of sp³-hybridized carbons (Fsp3) is 0.304. The average molecular weight is 429 g/mol. The third-order valence-corrected chi connectivity index (χ3v) is 5.24. The number of ether oxygens (including phenoxy) is 1. The predicted octanol–water partition coefficient (Wildman–Crippen LogP) is 3.72. The Morgan fingerprint density at radius 2 is 1.87 bits per heavy atom. The number of Topliss-reactive ketones (excluding diaryl/α,β-unsaturated/α-hetero) is 1. The van der Waals surface area contributed by atoms with Crippen LogP contribution in [-0.4, -0.2) is 60.4 Å². The lowest BCUT2D eigenvalue weighted by Crippen LogP contribution is -2.35. The van der Waals surface area contributed by atoms with Gasteiger partial charge in [0, 0.05) is 18.7 Å². The van der Waals surface area contributed by atoms with Gasteiger partial charge in [0.1, 0.15) is 11.5 Å². The van der Waals surface area contributed by atoms with Gasteiger partial charge in [-0.25, -0.2) is 0 Å². The summed E-state index contributed by atoms with van der Waals surface area (Å²) in [6.07, 6.45) is 0. The fourth-order valence-electron chi connectivity index (χ4n) is 3.48. The Hall–Kier alpha value is -2.83. The topological polar surface area (TPSA) is 70.1 Å². The van der Waals surface area contributed by atoms with E-state index in [0.29, 0.717) is 36.0 Å². The first-order chi connectivity index (χ1) is 14.3. The van der Waals surface area contributed by atoms with E-state index < -0.39 is 17.7 Å². The molecule has 1 aliphatic rings. The van der Waals surface area contributed by atoms with E-state index in [9.17, 15) is 14.7 Å². The summed E-state index contributed by atoms with van der Waals surface area (Å²) in [6.45, 7) is 3.25. The number of likely N-dealkylation sites (N-methyl/N-ethyl adjacent to an activating group) is 1. The highest BCUT2D eigenvalue weighted by atomic mass is 35.5. The van der Waals surface area contributed by atoms with E-state index >= 15 is 0 Å². The Balaban J connectivity index is 2.10. The van der Waals surface area contributed by atoms with Gasteiger partial charge in [-0.05, 0) is 44.8 Å². The Morgan fingerprint density at radius 3 is 2.47 bits per heavy atom. The molecule has 2 aromatic carbocycles. The first kappa shape index (κ1) is 21.9. The summed E-state index contributed by atoms with van der Waals surface area (Å²) >= 11 is 6.26. The summed E-state index contributed by atoms with van der Waals surface area (Å²) < 4.78 is 5.43. The predicted molar refractivity (Wildman–Crippen MR) is 117 cm³/mol. The number of nitrogens with zero attached hydrogens (tertiary/aromatic N) is 2. The average Bonchev–Trinajstić information content (AvgIpc) is 2.98. The molecule has 1 fully saturated rings. The number of carbonyl (C=O) groups is 2. The van der Waals surface area contributed by atoms with Gasteiger partial charge in [0.05, 0.1) is 23.2 Å². The summed E-state index contributed by atoms with van der Waals surface area (Å²) in [5.41, 5.74) is 1.18. The number of hydrogen-bond donors (Lipinski definition) is 1. The van der Waals surface area contributed by atoms with Crippen LogP contribution in [0.25, 0.3) is 5.76 Å². The van der Waals surface area contributed by atoms with Gasteiger partial charge in [0.25, 0.3) is 11.7 Å². The second-order valence-corrected chi connectivity index (χ2v) is 7.69. The van der Waals surface area contributed by atoms with Crippen LogP contribution in [0.1, 0.15) is 24.1 Å². The summed E-state index contributed by atoms with van der Waals surface area (Å²) in [7, 11) is 3.80. The van der Waals surface area contributed by atoms with Crippen molar-refractivity contribution in [2.75, 3.05) is 33.8 Å². The molecular weight excluding hydrogens is 404 g/mol. The second-order valence-electron chi connectivity index (χ2n) is 7.28. The summed E-state index contributed by atoms with van der Waals surface area (Å²) in [6, 6.07) is 13.4. The molecule has 0 radical (unpaired) electrons. The molecule has 0 saturated carbocycles. The van der Waals surface area contributed by atoms with Crippen molar-refractivity contribution in [3.8, 4) is 5.75 Å². The molecule has 0 unspecified atom stereocenters. The molecule has 1 atom stereocenters. The maximum Gasteiger partial charge on any atom is 0.295 e. The number of ketones is 1. The Labute approximate surface area is 181 Å². The van der Waals surface area contributed by atoms with Crippen molar-refractivity contribution in [2.45, 2.75) is 13.0 Å². The van der Waals surface area contributed by atoms with Gasteiger partial charge in [0.15, 0.2) is 0 Å². The van der Waals surface area contributed by atoms with Gasteiger partial charge >= 0.3 is 0 Å². The normalized spacial score (nSPS) is 18.3. The molecular formula is C23H25ClN2O4. The standard InChI is InChI=1S/C23H25ClN2O4/c1-4-30-18-11-10-16(14-17(18)24)21(27)19-20(15-8-6-5-7-9-15)26(13-12-25(2)3)23(29)22(19)28/h5-11,14,20,27H,4,12-13H2,1-3H3/b21-19-/t20-/m0/s1. The highest BCUT2D eigenvalue weighted by Gasteiger charge is 2.45. The van der Waals surface area contributed by atoms with Crippen molar-refractivity contribution in [2.24, 2.45) is 0 Å². The third kappa shape index (κ3) is 4.35. The Bertz CT molecular complexity index is 972. The van der Waals surface area contributed by atoms with Crippen LogP contribution in [0.2, 0.25) is 5.02 Å². The molecule has 1 N–H and O–H groups in total. The lowest BCUT2D eigenvalue weighted by atomic mass is 9.95. The van der Waals surface area contributed by atoms with E-state index in [0.717, 1.165) is 5.56 Å². The van der Waals surface area contributed by atoms with Gasteiger partial charge in [0.2, 0.25) is 0 Å². The summed E-state index contributed by atoms with van der Waals surface area (Å²) in [5.74, 6) is -1.09. The zero-order valence-corrected chi connectivity index (χ0v) is 18.0. The van der Waals surface area contributed by atoms with E-state index in [1.165, 1.54) is 11.0 Å². The number of hydrogen-bond acceptors (Lipinski definition) is 5. The first-order valence-corrected chi connectivity index (χ1v) is 10.1. The number of likely N-dealkylation sites (tertiary alicyclic amines) is 1. The van der Waals surface area contributed by atoms with Crippen LogP contribution in [0.5, 0.6) is 5.75 Å². The molecule has 30 heavy (non-hydrogen) atoms. The zero-order valence-electron chi connectivity index (χ0n) is 17.3. The lowest BCUT2D eigenvalue weighted by Gasteiger charge is -2.26. The maximum atomic E-state index is 12.9. The van der Waals surface area contributed by atoms with Crippen molar-refractivity contribution in [1.29, 1.82) is 0 Å². The number of carbonyl (C=O) groups excluding carboxylic acids is 2. The molecule has 1 saturated heterocycles. The van der Waals surface area contributed by atoms with Crippen LogP contribution in [-0.2, 0) is 9.59 Å². The van der Waals surface area contributed by atoms with E-state index in [-0.39, 0.29) is 11.3 Å². The minimum absolute atomic E-state index is 0.0604. The molecule has 0 spiro atoms. The highest BCUT2D eigenvalue weighted by molar-refractivity contribution is 6.46. The first-order valence-electron chi connectivity index (χ1n) is 9.76. The number of aliphatic hydroxyl groups is 1. The molecule has 6 nitrogen and oxygen atoms in total. The number of halogens is 1. The van der Waals surface area contributed by atoms with Crippen LogP contribution in [0.3, 0.4) is 0 Å². The monoisotopic (exact) mass is 428 g/mol. The lowest BCUT2D eigenvalue weighted by molar-refractivity contribution is -0.140. The number of rotatable bonds is 7.